The first-order valence-corrected chi connectivity index (χ1v) is 21.1. The van der Waals surface area contributed by atoms with Gasteiger partial charge in [0.25, 0.3) is 0 Å². The molecule has 22 aliphatic rings. The molecule has 30 atom stereocenters. The summed E-state index contributed by atoms with van der Waals surface area (Å²) in [6.07, 6.45) is -58.5. The average molecular weight is 991 g/mol. The number of hydrogen-bond acceptors (Lipinski definition) is 30. The van der Waals surface area contributed by atoms with Crippen molar-refractivity contribution in [3.8, 4) is 0 Å². The van der Waals surface area contributed by atoms with E-state index in [4.69, 9.17) is 56.8 Å². The minimum Gasteiger partial charge on any atom is -0.412 e. The summed E-state index contributed by atoms with van der Waals surface area (Å²) in [5.74, 6) is 0. The lowest BCUT2D eigenvalue weighted by molar-refractivity contribution is -0.404. The fraction of sp³-hybridized carbons (Fsp3) is 1.00. The van der Waals surface area contributed by atoms with Crippen molar-refractivity contribution in [3.05, 3.63) is 0 Å². The molecule has 0 aromatic rings. The van der Waals surface area contributed by atoms with Crippen molar-refractivity contribution in [1.82, 2.24) is 0 Å². The first kappa shape index (κ1) is 55.1. The van der Waals surface area contributed by atoms with Gasteiger partial charge in [-0.05, 0) is 0 Å². The Balaban J connectivity index is 0.00000741. The van der Waals surface area contributed by atoms with Crippen LogP contribution in [0.3, 0.4) is 0 Å². The van der Waals surface area contributed by atoms with E-state index in [2.05, 4.69) is 0 Å². The zero-order valence-electron chi connectivity index (χ0n) is 35.0. The van der Waals surface area contributed by atoms with Gasteiger partial charge in [0.15, 0.2) is 37.7 Å². The Morgan fingerprint density at radius 3 is 0.418 bits per heavy atom. The number of rotatable bonds is 6. The normalized spacial score (nSPS) is 54.5. The highest BCUT2D eigenvalue weighted by Gasteiger charge is 2.58. The quantitative estimate of drug-likeness (QED) is 0.117. The van der Waals surface area contributed by atoms with Crippen molar-refractivity contribution in [1.29, 1.82) is 0 Å². The second-order valence-electron chi connectivity index (χ2n) is 16.8. The zero-order valence-corrected chi connectivity index (χ0v) is 35.0. The molecule has 12 bridgehead atoms. The van der Waals surface area contributed by atoms with Gasteiger partial charge < -0.3 is 154 Å². The summed E-state index contributed by atoms with van der Waals surface area (Å²) in [6.45, 7) is -5.99. The monoisotopic (exact) mass is 990 g/mol. The Morgan fingerprint density at radius 2 is 0.313 bits per heavy atom. The molecule has 0 radical (unpaired) electrons. The Bertz CT molecular complexity index is 1230. The van der Waals surface area contributed by atoms with E-state index in [9.17, 15) is 91.9 Å². The highest BCUT2D eigenvalue weighted by atomic mass is 16.8. The van der Waals surface area contributed by atoms with Crippen LogP contribution in [0.25, 0.3) is 0 Å². The van der Waals surface area contributed by atoms with Crippen LogP contribution in [0.1, 0.15) is 0 Å². The van der Waals surface area contributed by atoms with E-state index in [0.29, 0.717) is 0 Å². The van der Waals surface area contributed by atoms with Crippen LogP contribution in [0.4, 0.5) is 0 Å². The van der Waals surface area contributed by atoms with E-state index in [0.717, 1.165) is 0 Å². The molecule has 0 saturated carbocycles. The molecule has 22 saturated heterocycles. The standard InChI is InChI=1S/C36H60O30.H2O/c37-1-7-25-13(43)19(49)31(55-7)62-26-8(2-38)57-33(21(51)15(26)45)64-28-10(4-40)59-35(23(53)17(28)47)66-30-12(6-42)60-36(24(54)18(30)48)65-29-11(5-41)58-34(22(52)16(29)46)63-27-9(3-39)56-32(61-25)20(50)14(27)44;/h7-54H,1-6H2;1H2/t7-,8-,9-,10-,11-,12-,13-,14-,15-,16-,17-,18+,19-,20-,21-,22-,23-,24-,25-,26-,27-,28-,29-,30-,31-,32-,33-,34-,35-,36-;/m1./s1. The predicted octanol–water partition coefficient (Wildman–Crippen LogP) is -13.9. The summed E-state index contributed by atoms with van der Waals surface area (Å²) in [5, 5.41) is 196. The summed E-state index contributed by atoms with van der Waals surface area (Å²) in [7, 11) is 0. The summed E-state index contributed by atoms with van der Waals surface area (Å²) in [6, 6.07) is 0. The topological polar surface area (TPSA) is 506 Å². The third kappa shape index (κ3) is 10.7. The summed E-state index contributed by atoms with van der Waals surface area (Å²) < 4.78 is 67.9. The lowest BCUT2D eigenvalue weighted by Crippen LogP contribution is -2.69. The number of ether oxygens (including phenoxy) is 12. The van der Waals surface area contributed by atoms with Crippen LogP contribution < -0.4 is 0 Å². The molecule has 31 heteroatoms. The molecule has 22 fully saturated rings. The fourth-order valence-electron chi connectivity index (χ4n) is 8.93. The number of hydrogen-bond donors (Lipinski definition) is 18. The maximum absolute atomic E-state index is 11.2. The van der Waals surface area contributed by atoms with Crippen molar-refractivity contribution in [3.63, 3.8) is 0 Å². The Morgan fingerprint density at radius 1 is 0.194 bits per heavy atom. The molecule has 0 aromatic heterocycles. The maximum Gasteiger partial charge on any atom is 0.187 e. The lowest BCUT2D eigenvalue weighted by atomic mass is 9.94. The van der Waals surface area contributed by atoms with Gasteiger partial charge >= 0.3 is 0 Å². The van der Waals surface area contributed by atoms with Crippen LogP contribution in [-0.2, 0) is 56.8 Å². The third-order valence-electron chi connectivity index (χ3n) is 12.7. The lowest BCUT2D eigenvalue weighted by Gasteiger charge is -2.50. The number of aliphatic hydroxyl groups is 18. The Labute approximate surface area is 378 Å². The first-order chi connectivity index (χ1) is 31.4. The minimum absolute atomic E-state index is 0. The molecule has 0 aromatic carbocycles. The molecule has 0 spiro atoms. The molecule has 67 heavy (non-hydrogen) atoms. The van der Waals surface area contributed by atoms with Crippen LogP contribution in [0.5, 0.6) is 0 Å². The van der Waals surface area contributed by atoms with Gasteiger partial charge in [-0.15, -0.1) is 0 Å². The second kappa shape index (κ2) is 23.1. The molecular weight excluding hydrogens is 928 g/mol. The van der Waals surface area contributed by atoms with Crippen LogP contribution in [0.2, 0.25) is 0 Å². The first-order valence-electron chi connectivity index (χ1n) is 21.1. The molecule has 20 N–H and O–H groups in total. The van der Waals surface area contributed by atoms with Gasteiger partial charge in [0.2, 0.25) is 0 Å². The zero-order chi connectivity index (χ0) is 48.0. The molecule has 31 nitrogen and oxygen atoms in total. The van der Waals surface area contributed by atoms with E-state index < -0.39 is 224 Å². The van der Waals surface area contributed by atoms with E-state index >= 15 is 0 Å². The van der Waals surface area contributed by atoms with Gasteiger partial charge in [-0.1, -0.05) is 0 Å². The molecule has 22 heterocycles. The second-order valence-corrected chi connectivity index (χ2v) is 16.8. The van der Waals surface area contributed by atoms with Crippen LogP contribution in [0.15, 0.2) is 0 Å². The van der Waals surface area contributed by atoms with Crippen molar-refractivity contribution in [2.75, 3.05) is 39.6 Å². The van der Waals surface area contributed by atoms with Gasteiger partial charge in [0.1, 0.15) is 146 Å². The molecule has 392 valence electrons. The van der Waals surface area contributed by atoms with E-state index in [1.807, 2.05) is 0 Å². The summed E-state index contributed by atoms with van der Waals surface area (Å²) >= 11 is 0. The molecule has 22 rings (SSSR count). The van der Waals surface area contributed by atoms with Crippen LogP contribution in [0, 0.1) is 0 Å². The fourth-order valence-corrected chi connectivity index (χ4v) is 8.93. The summed E-state index contributed by atoms with van der Waals surface area (Å²) in [4.78, 5) is 0. The smallest absolute Gasteiger partial charge is 0.187 e. The highest BCUT2D eigenvalue weighted by molar-refractivity contribution is 5.01. The summed E-state index contributed by atoms with van der Waals surface area (Å²) in [5.41, 5.74) is 0. The molecular formula is C36H62O31. The Kier molecular flexibility index (Phi) is 19.0. The average Bonchev–Trinajstić information content (AvgIpc) is 3.31. The van der Waals surface area contributed by atoms with Gasteiger partial charge in [-0.3, -0.25) is 0 Å². The van der Waals surface area contributed by atoms with Gasteiger partial charge in [-0.25, -0.2) is 0 Å². The van der Waals surface area contributed by atoms with Gasteiger partial charge in [-0.2, -0.15) is 0 Å². The predicted molar refractivity (Wildman–Crippen MR) is 199 cm³/mol. The molecule has 0 amide bonds. The van der Waals surface area contributed by atoms with Gasteiger partial charge in [0.05, 0.1) is 39.6 Å². The van der Waals surface area contributed by atoms with E-state index in [-0.39, 0.29) is 5.48 Å². The van der Waals surface area contributed by atoms with Crippen molar-refractivity contribution in [2.24, 2.45) is 0 Å². The Hall–Kier alpha value is -1.24. The van der Waals surface area contributed by atoms with Crippen molar-refractivity contribution < 1.29 is 154 Å². The van der Waals surface area contributed by atoms with Crippen molar-refractivity contribution in [2.45, 2.75) is 184 Å². The van der Waals surface area contributed by atoms with Crippen LogP contribution in [-0.4, -0.2) is 321 Å². The molecule has 0 aliphatic carbocycles. The SMILES string of the molecule is O.OC[C@H]1O[C@@H]2O[C@H]3[C@H](O)[C@@H](O)[C@@H](O[C@H]4[C@H](O)[C@@H](O)[C@@H](O[C@H]5[C@@H](O)[C@@H](O)[C@@H](O[C@H]6[C@H](O)[C@@H](O)[C@@H](O[C@H]7[C@H](O)[C@@H](O)[C@@H](O[C@H]1[C@H](O)[C@H]2O)O[C@@H]7CO)O[C@@H]6CO)O[C@@H]5CO)O[C@@H]4CO)O[C@@H]3CO. The molecule has 22 aliphatic heterocycles. The molecule has 0 unspecified atom stereocenters. The third-order valence-corrected chi connectivity index (χ3v) is 12.7. The largest absolute Gasteiger partial charge is 0.412 e. The number of aliphatic hydroxyl groups excluding tert-OH is 18. The van der Waals surface area contributed by atoms with Crippen LogP contribution >= 0.6 is 0 Å². The maximum atomic E-state index is 11.2. The minimum atomic E-state index is -2.15. The highest BCUT2D eigenvalue weighted by Crippen LogP contribution is 2.38. The van der Waals surface area contributed by atoms with E-state index in [1.165, 1.54) is 0 Å². The van der Waals surface area contributed by atoms with Crippen molar-refractivity contribution >= 4 is 0 Å². The van der Waals surface area contributed by atoms with Gasteiger partial charge in [0, 0.05) is 0 Å². The van der Waals surface area contributed by atoms with E-state index in [1.54, 1.807) is 0 Å².